The van der Waals surface area contributed by atoms with E-state index in [1.54, 1.807) is 17.8 Å². The second-order valence-electron chi connectivity index (χ2n) is 6.36. The third-order valence-electron chi connectivity index (χ3n) is 4.52. The second-order valence-corrected chi connectivity index (χ2v) is 7.14. The van der Waals surface area contributed by atoms with Crippen LogP contribution >= 0.6 is 11.3 Å². The molecule has 0 bridgehead atoms. The SMILES string of the molecule is Cn1ncnc1COc1nc2c(cc1-c1ccsc1)nnn2-c1c(F)cccc1F. The van der Waals surface area contributed by atoms with Gasteiger partial charge in [0.05, 0.1) is 0 Å². The zero-order chi connectivity index (χ0) is 20.7. The van der Waals surface area contributed by atoms with E-state index >= 15 is 0 Å². The van der Waals surface area contributed by atoms with Crippen LogP contribution in [0.3, 0.4) is 0 Å². The number of hydrogen-bond donors (Lipinski definition) is 0. The molecule has 8 nitrogen and oxygen atoms in total. The normalized spacial score (nSPS) is 11.3. The van der Waals surface area contributed by atoms with Crippen LogP contribution in [0.25, 0.3) is 28.0 Å². The first kappa shape index (κ1) is 18.3. The third kappa shape index (κ3) is 3.08. The molecule has 0 unspecified atom stereocenters. The van der Waals surface area contributed by atoms with Crippen molar-refractivity contribution in [2.75, 3.05) is 0 Å². The summed E-state index contributed by atoms with van der Waals surface area (Å²) in [6.45, 7) is 0.113. The van der Waals surface area contributed by atoms with Gasteiger partial charge < -0.3 is 4.74 Å². The van der Waals surface area contributed by atoms with Gasteiger partial charge in [0.2, 0.25) is 5.88 Å². The van der Waals surface area contributed by atoms with Gasteiger partial charge in [0, 0.05) is 12.6 Å². The van der Waals surface area contributed by atoms with Crippen molar-refractivity contribution in [1.29, 1.82) is 0 Å². The van der Waals surface area contributed by atoms with Crippen LogP contribution in [0.15, 0.2) is 47.4 Å². The summed E-state index contributed by atoms with van der Waals surface area (Å²) in [6.07, 6.45) is 1.43. The van der Waals surface area contributed by atoms with Gasteiger partial charge in [-0.3, -0.25) is 4.68 Å². The second kappa shape index (κ2) is 7.26. The largest absolute Gasteiger partial charge is 0.469 e. The van der Waals surface area contributed by atoms with E-state index in [9.17, 15) is 8.78 Å². The van der Waals surface area contributed by atoms with E-state index in [-0.39, 0.29) is 23.8 Å². The molecule has 0 N–H and O–H groups in total. The molecule has 11 heteroatoms. The van der Waals surface area contributed by atoms with Crippen LogP contribution < -0.4 is 4.74 Å². The summed E-state index contributed by atoms with van der Waals surface area (Å²) in [5, 5.41) is 15.9. The third-order valence-corrected chi connectivity index (χ3v) is 5.20. The van der Waals surface area contributed by atoms with Gasteiger partial charge in [-0.25, -0.2) is 13.8 Å². The Kier molecular flexibility index (Phi) is 4.43. The number of ether oxygens (including phenoxy) is 1. The molecule has 1 aromatic carbocycles. The van der Waals surface area contributed by atoms with E-state index < -0.39 is 11.6 Å². The summed E-state index contributed by atoms with van der Waals surface area (Å²) < 4.78 is 37.2. The van der Waals surface area contributed by atoms with Gasteiger partial charge in [0.25, 0.3) is 0 Å². The highest BCUT2D eigenvalue weighted by atomic mass is 32.1. The quantitative estimate of drug-likeness (QED) is 0.428. The van der Waals surface area contributed by atoms with Gasteiger partial charge in [-0.2, -0.15) is 26.1 Å². The molecule has 0 radical (unpaired) electrons. The molecule has 0 saturated carbocycles. The smallest absolute Gasteiger partial charge is 0.224 e. The zero-order valence-corrected chi connectivity index (χ0v) is 16.3. The first-order valence-electron chi connectivity index (χ1n) is 8.81. The minimum Gasteiger partial charge on any atom is -0.469 e. The first-order valence-corrected chi connectivity index (χ1v) is 9.75. The Bertz CT molecular complexity index is 1330. The van der Waals surface area contributed by atoms with Crippen molar-refractivity contribution in [3.63, 3.8) is 0 Å². The van der Waals surface area contributed by atoms with Crippen molar-refractivity contribution in [2.45, 2.75) is 6.61 Å². The van der Waals surface area contributed by atoms with Crippen molar-refractivity contribution in [3.8, 4) is 22.7 Å². The Morgan fingerprint density at radius 1 is 1.17 bits per heavy atom. The van der Waals surface area contributed by atoms with Crippen LogP contribution in [0.4, 0.5) is 8.78 Å². The van der Waals surface area contributed by atoms with Crippen molar-refractivity contribution in [3.05, 3.63) is 64.9 Å². The van der Waals surface area contributed by atoms with Gasteiger partial charge >= 0.3 is 0 Å². The number of benzene rings is 1. The number of nitrogens with zero attached hydrogens (tertiary/aromatic N) is 7. The van der Waals surface area contributed by atoms with Crippen molar-refractivity contribution in [2.24, 2.45) is 7.05 Å². The van der Waals surface area contributed by atoms with E-state index in [2.05, 4.69) is 25.4 Å². The molecular formula is C19H13F2N7OS. The molecule has 5 aromatic rings. The molecule has 0 saturated heterocycles. The molecule has 0 fully saturated rings. The zero-order valence-electron chi connectivity index (χ0n) is 15.5. The average Bonchev–Trinajstić information content (AvgIpc) is 3.47. The Labute approximate surface area is 172 Å². The van der Waals surface area contributed by atoms with E-state index in [0.717, 1.165) is 22.4 Å². The Balaban J connectivity index is 1.66. The molecule has 0 atom stereocenters. The molecule has 4 heterocycles. The van der Waals surface area contributed by atoms with Crippen LogP contribution in [0.2, 0.25) is 0 Å². The highest BCUT2D eigenvalue weighted by Gasteiger charge is 2.20. The number of thiophene rings is 1. The van der Waals surface area contributed by atoms with E-state index in [1.807, 2.05) is 16.8 Å². The lowest BCUT2D eigenvalue weighted by Gasteiger charge is -2.10. The fourth-order valence-corrected chi connectivity index (χ4v) is 3.66. The maximum atomic E-state index is 14.3. The predicted octanol–water partition coefficient (Wildman–Crippen LogP) is 3.53. The molecule has 30 heavy (non-hydrogen) atoms. The number of pyridine rings is 1. The van der Waals surface area contributed by atoms with Crippen LogP contribution in [0.1, 0.15) is 5.82 Å². The number of aromatic nitrogens is 7. The minimum atomic E-state index is -0.771. The van der Waals surface area contributed by atoms with E-state index in [4.69, 9.17) is 4.74 Å². The molecule has 4 aromatic heterocycles. The summed E-state index contributed by atoms with van der Waals surface area (Å²) in [5.41, 5.74) is 1.77. The highest BCUT2D eigenvalue weighted by Crippen LogP contribution is 2.33. The van der Waals surface area contributed by atoms with Crippen LogP contribution in [0, 0.1) is 11.6 Å². The summed E-state index contributed by atoms with van der Waals surface area (Å²) in [6, 6.07) is 7.24. The molecule has 5 rings (SSSR count). The monoisotopic (exact) mass is 425 g/mol. The fourth-order valence-electron chi connectivity index (χ4n) is 3.00. The van der Waals surface area contributed by atoms with Crippen molar-refractivity contribution < 1.29 is 13.5 Å². The number of fused-ring (bicyclic) bond motifs is 1. The molecule has 0 aliphatic carbocycles. The lowest BCUT2D eigenvalue weighted by Crippen LogP contribution is -2.07. The van der Waals surface area contributed by atoms with Gasteiger partial charge in [0.15, 0.2) is 23.1 Å². The van der Waals surface area contributed by atoms with E-state index in [0.29, 0.717) is 16.9 Å². The summed E-state index contributed by atoms with van der Waals surface area (Å²) in [4.78, 5) is 8.64. The van der Waals surface area contributed by atoms with E-state index in [1.165, 1.54) is 23.7 Å². The Morgan fingerprint density at radius 3 is 2.70 bits per heavy atom. The molecule has 0 aliphatic heterocycles. The number of hydrogen-bond acceptors (Lipinski definition) is 7. The Hall–Kier alpha value is -3.73. The number of halogens is 2. The van der Waals surface area contributed by atoms with Gasteiger partial charge in [-0.1, -0.05) is 11.3 Å². The van der Waals surface area contributed by atoms with Crippen LogP contribution in [-0.4, -0.2) is 34.7 Å². The molecule has 0 amide bonds. The molecule has 0 aliphatic rings. The molecule has 0 spiro atoms. The van der Waals surface area contributed by atoms with Gasteiger partial charge in [0.1, 0.15) is 24.1 Å². The average molecular weight is 425 g/mol. The lowest BCUT2D eigenvalue weighted by molar-refractivity contribution is 0.280. The lowest BCUT2D eigenvalue weighted by atomic mass is 10.1. The summed E-state index contributed by atoms with van der Waals surface area (Å²) in [7, 11) is 1.75. The maximum Gasteiger partial charge on any atom is 0.224 e. The Morgan fingerprint density at radius 2 is 2.00 bits per heavy atom. The summed E-state index contributed by atoms with van der Waals surface area (Å²) in [5.74, 6) is -0.678. The van der Waals surface area contributed by atoms with Crippen molar-refractivity contribution in [1.82, 2.24) is 34.7 Å². The number of rotatable bonds is 5. The molecule has 150 valence electrons. The standard InChI is InChI=1S/C19H13F2N7OS/c1-27-16(22-10-23-27)8-29-19-12(11-5-6-30-9-11)7-15-18(24-19)28(26-25-15)17-13(20)3-2-4-14(17)21/h2-7,9-10H,8H2,1H3. The topological polar surface area (TPSA) is 83.5 Å². The fraction of sp³-hybridized carbons (Fsp3) is 0.105. The van der Waals surface area contributed by atoms with Gasteiger partial charge in [-0.05, 0) is 40.6 Å². The first-order chi connectivity index (χ1) is 14.6. The number of para-hydroxylation sites is 1. The number of aryl methyl sites for hydroxylation is 1. The highest BCUT2D eigenvalue weighted by molar-refractivity contribution is 7.08. The summed E-state index contributed by atoms with van der Waals surface area (Å²) >= 11 is 1.52. The minimum absolute atomic E-state index is 0.113. The van der Waals surface area contributed by atoms with Crippen LogP contribution in [-0.2, 0) is 13.7 Å². The van der Waals surface area contributed by atoms with Crippen molar-refractivity contribution >= 4 is 22.5 Å². The van der Waals surface area contributed by atoms with Gasteiger partial charge in [-0.15, -0.1) is 5.10 Å². The molecular weight excluding hydrogens is 412 g/mol. The predicted molar refractivity (Wildman–Crippen MR) is 105 cm³/mol. The van der Waals surface area contributed by atoms with Crippen LogP contribution in [0.5, 0.6) is 5.88 Å². The maximum absolute atomic E-state index is 14.3.